The SMILES string of the molecule is Cc1cnc(C(C)NCCC/C(N)=N/O)s1. The highest BCUT2D eigenvalue weighted by molar-refractivity contribution is 7.11. The molecular weight excluding hydrogens is 224 g/mol. The second-order valence-corrected chi connectivity index (χ2v) is 4.95. The van der Waals surface area contributed by atoms with Gasteiger partial charge in [0.15, 0.2) is 0 Å². The predicted molar refractivity (Wildman–Crippen MR) is 65.9 cm³/mol. The smallest absolute Gasteiger partial charge is 0.139 e. The Bertz CT molecular complexity index is 350. The summed E-state index contributed by atoms with van der Waals surface area (Å²) >= 11 is 1.70. The first-order chi connectivity index (χ1) is 7.63. The fourth-order valence-electron chi connectivity index (χ4n) is 1.30. The van der Waals surface area contributed by atoms with Crippen molar-refractivity contribution in [3.63, 3.8) is 0 Å². The van der Waals surface area contributed by atoms with Crippen molar-refractivity contribution in [2.24, 2.45) is 10.9 Å². The van der Waals surface area contributed by atoms with Crippen LogP contribution in [0, 0.1) is 6.92 Å². The van der Waals surface area contributed by atoms with Crippen molar-refractivity contribution in [1.29, 1.82) is 0 Å². The maximum absolute atomic E-state index is 8.36. The third-order valence-corrected chi connectivity index (χ3v) is 3.29. The van der Waals surface area contributed by atoms with Crippen LogP contribution < -0.4 is 11.1 Å². The van der Waals surface area contributed by atoms with E-state index in [1.807, 2.05) is 13.1 Å². The molecule has 1 heterocycles. The van der Waals surface area contributed by atoms with Crippen LogP contribution in [0.25, 0.3) is 0 Å². The summed E-state index contributed by atoms with van der Waals surface area (Å²) in [5.41, 5.74) is 5.37. The molecule has 0 fully saturated rings. The Hall–Kier alpha value is -1.14. The van der Waals surface area contributed by atoms with Gasteiger partial charge in [-0.25, -0.2) is 4.98 Å². The van der Waals surface area contributed by atoms with E-state index in [4.69, 9.17) is 10.9 Å². The van der Waals surface area contributed by atoms with E-state index in [1.165, 1.54) is 4.88 Å². The van der Waals surface area contributed by atoms with Crippen molar-refractivity contribution in [3.05, 3.63) is 16.1 Å². The largest absolute Gasteiger partial charge is 0.409 e. The van der Waals surface area contributed by atoms with E-state index in [1.54, 1.807) is 11.3 Å². The Labute approximate surface area is 99.4 Å². The van der Waals surface area contributed by atoms with Crippen molar-refractivity contribution in [1.82, 2.24) is 10.3 Å². The van der Waals surface area contributed by atoms with Crippen LogP contribution in [-0.4, -0.2) is 22.6 Å². The number of hydrogen-bond donors (Lipinski definition) is 3. The highest BCUT2D eigenvalue weighted by Crippen LogP contribution is 2.18. The van der Waals surface area contributed by atoms with E-state index in [9.17, 15) is 0 Å². The van der Waals surface area contributed by atoms with Gasteiger partial charge in [0, 0.05) is 17.5 Å². The minimum atomic E-state index is 0.256. The van der Waals surface area contributed by atoms with E-state index in [0.29, 0.717) is 6.42 Å². The maximum Gasteiger partial charge on any atom is 0.139 e. The van der Waals surface area contributed by atoms with E-state index >= 15 is 0 Å². The number of thiazole rings is 1. The molecule has 1 aromatic rings. The van der Waals surface area contributed by atoms with Gasteiger partial charge in [-0.05, 0) is 26.8 Å². The number of oxime groups is 1. The molecule has 6 heteroatoms. The molecule has 1 aromatic heterocycles. The van der Waals surface area contributed by atoms with Crippen molar-refractivity contribution in [3.8, 4) is 0 Å². The zero-order valence-electron chi connectivity index (χ0n) is 9.60. The fourth-order valence-corrected chi connectivity index (χ4v) is 2.10. The molecule has 0 aliphatic rings. The first kappa shape index (κ1) is 12.9. The molecule has 16 heavy (non-hydrogen) atoms. The summed E-state index contributed by atoms with van der Waals surface area (Å²) in [6, 6.07) is 0.256. The summed E-state index contributed by atoms with van der Waals surface area (Å²) in [6.07, 6.45) is 3.34. The van der Waals surface area contributed by atoms with Crippen molar-refractivity contribution < 1.29 is 5.21 Å². The predicted octanol–water partition coefficient (Wildman–Crippen LogP) is 1.63. The van der Waals surface area contributed by atoms with Gasteiger partial charge in [0.05, 0.1) is 6.04 Å². The third-order valence-electron chi connectivity index (χ3n) is 2.20. The lowest BCUT2D eigenvalue weighted by Crippen LogP contribution is -2.21. The average molecular weight is 242 g/mol. The molecule has 0 saturated carbocycles. The van der Waals surface area contributed by atoms with Crippen LogP contribution in [0.5, 0.6) is 0 Å². The normalized spacial score (nSPS) is 14.0. The molecule has 0 aliphatic carbocycles. The molecule has 90 valence electrons. The monoisotopic (exact) mass is 242 g/mol. The van der Waals surface area contributed by atoms with Crippen LogP contribution >= 0.6 is 11.3 Å². The first-order valence-electron chi connectivity index (χ1n) is 5.25. The summed E-state index contributed by atoms with van der Waals surface area (Å²) < 4.78 is 0. The van der Waals surface area contributed by atoms with Gasteiger partial charge < -0.3 is 16.3 Å². The molecule has 0 amide bonds. The number of aromatic nitrogens is 1. The molecular formula is C10H18N4OS. The van der Waals surface area contributed by atoms with Crippen LogP contribution in [0.1, 0.15) is 35.7 Å². The van der Waals surface area contributed by atoms with Crippen molar-refractivity contribution in [2.75, 3.05) is 6.54 Å². The maximum atomic E-state index is 8.36. The third kappa shape index (κ3) is 4.16. The number of aryl methyl sites for hydroxylation is 1. The highest BCUT2D eigenvalue weighted by atomic mass is 32.1. The molecule has 4 N–H and O–H groups in total. The van der Waals surface area contributed by atoms with Gasteiger partial charge in [0.1, 0.15) is 10.8 Å². The van der Waals surface area contributed by atoms with Crippen LogP contribution in [0.15, 0.2) is 11.4 Å². The molecule has 1 rings (SSSR count). The van der Waals surface area contributed by atoms with Gasteiger partial charge in [-0.1, -0.05) is 5.16 Å². The fraction of sp³-hybridized carbons (Fsp3) is 0.600. The minimum Gasteiger partial charge on any atom is -0.409 e. The van der Waals surface area contributed by atoms with Gasteiger partial charge in [0.2, 0.25) is 0 Å². The second kappa shape index (κ2) is 6.44. The molecule has 5 nitrogen and oxygen atoms in total. The standard InChI is InChI=1S/C10H18N4OS/c1-7-6-13-10(16-7)8(2)12-5-3-4-9(11)14-15/h6,8,12,15H,3-5H2,1-2H3,(H2,11,14). The number of amidine groups is 1. The Morgan fingerprint density at radius 3 is 3.06 bits per heavy atom. The Kier molecular flexibility index (Phi) is 5.21. The summed E-state index contributed by atoms with van der Waals surface area (Å²) in [5, 5.41) is 15.7. The molecule has 1 unspecified atom stereocenters. The van der Waals surface area contributed by atoms with Gasteiger partial charge >= 0.3 is 0 Å². The van der Waals surface area contributed by atoms with E-state index < -0.39 is 0 Å². The van der Waals surface area contributed by atoms with Gasteiger partial charge in [-0.15, -0.1) is 11.3 Å². The number of nitrogens with one attached hydrogen (secondary N) is 1. The van der Waals surface area contributed by atoms with Crippen LogP contribution in [0.2, 0.25) is 0 Å². The van der Waals surface area contributed by atoms with Crippen molar-refractivity contribution >= 4 is 17.2 Å². The van der Waals surface area contributed by atoms with Gasteiger partial charge in [-0.3, -0.25) is 0 Å². The molecule has 0 spiro atoms. The number of nitrogens with zero attached hydrogens (tertiary/aromatic N) is 2. The molecule has 0 aliphatic heterocycles. The average Bonchev–Trinajstić information content (AvgIpc) is 2.70. The topological polar surface area (TPSA) is 83.5 Å². The number of rotatable bonds is 6. The number of nitrogens with two attached hydrogens (primary N) is 1. The first-order valence-corrected chi connectivity index (χ1v) is 6.07. The van der Waals surface area contributed by atoms with Crippen LogP contribution in [0.4, 0.5) is 0 Å². The summed E-state index contributed by atoms with van der Waals surface area (Å²) in [5.74, 6) is 0.277. The van der Waals surface area contributed by atoms with Crippen LogP contribution in [-0.2, 0) is 0 Å². The van der Waals surface area contributed by atoms with Gasteiger partial charge in [0.25, 0.3) is 0 Å². The van der Waals surface area contributed by atoms with Gasteiger partial charge in [-0.2, -0.15) is 0 Å². The lowest BCUT2D eigenvalue weighted by Gasteiger charge is -2.10. The zero-order chi connectivity index (χ0) is 12.0. The quantitative estimate of drug-likeness (QED) is 0.233. The minimum absolute atomic E-state index is 0.256. The molecule has 0 bridgehead atoms. The second-order valence-electron chi connectivity index (χ2n) is 3.68. The van der Waals surface area contributed by atoms with E-state index in [0.717, 1.165) is 18.0 Å². The molecule has 0 aromatic carbocycles. The molecule has 0 radical (unpaired) electrons. The van der Waals surface area contributed by atoms with E-state index in [-0.39, 0.29) is 11.9 Å². The Morgan fingerprint density at radius 2 is 2.50 bits per heavy atom. The highest BCUT2D eigenvalue weighted by Gasteiger charge is 2.07. The molecule has 1 atom stereocenters. The summed E-state index contributed by atoms with van der Waals surface area (Å²) in [7, 11) is 0. The molecule has 0 saturated heterocycles. The summed E-state index contributed by atoms with van der Waals surface area (Å²) in [4.78, 5) is 5.54. The van der Waals surface area contributed by atoms with E-state index in [2.05, 4.69) is 22.4 Å². The van der Waals surface area contributed by atoms with Crippen LogP contribution in [0.3, 0.4) is 0 Å². The Morgan fingerprint density at radius 1 is 1.75 bits per heavy atom. The lowest BCUT2D eigenvalue weighted by atomic mass is 10.2. The zero-order valence-corrected chi connectivity index (χ0v) is 10.4. The van der Waals surface area contributed by atoms with Crippen molar-refractivity contribution in [2.45, 2.75) is 32.7 Å². The lowest BCUT2D eigenvalue weighted by molar-refractivity contribution is 0.316. The Balaban J connectivity index is 2.23. The summed E-state index contributed by atoms with van der Waals surface area (Å²) in [6.45, 7) is 4.96. The number of hydrogen-bond acceptors (Lipinski definition) is 5.